The van der Waals surface area contributed by atoms with Gasteiger partial charge >= 0.3 is 5.97 Å². The van der Waals surface area contributed by atoms with Gasteiger partial charge in [0.15, 0.2) is 17.7 Å². The van der Waals surface area contributed by atoms with Crippen molar-refractivity contribution in [1.82, 2.24) is 10.2 Å². The number of hydrogen-bond donors (Lipinski definition) is 1. The fourth-order valence-electron chi connectivity index (χ4n) is 7.51. The van der Waals surface area contributed by atoms with Crippen LogP contribution >= 0.6 is 12.2 Å². The molecule has 11 nitrogen and oxygen atoms in total. The molecule has 0 aromatic heterocycles. The quantitative estimate of drug-likeness (QED) is 0.183. The Kier molecular flexibility index (Phi) is 13.8. The van der Waals surface area contributed by atoms with Crippen molar-refractivity contribution in [3.05, 3.63) is 0 Å². The molecule has 0 radical (unpaired) electrons. The zero-order valence-corrected chi connectivity index (χ0v) is 32.2. The summed E-state index contributed by atoms with van der Waals surface area (Å²) in [6, 6.07) is -0.491. The minimum atomic E-state index is -1.49. The number of thiocarbonyl (C=S) groups is 1. The maximum atomic E-state index is 14.0. The number of nitrogens with one attached hydrogen (secondary N) is 1. The number of carbonyl (C=O) groups is 3. The number of nitrogens with zero attached hydrogens (tertiary/aromatic N) is 1. The van der Waals surface area contributed by atoms with E-state index in [1.807, 2.05) is 34.9 Å². The van der Waals surface area contributed by atoms with Crippen LogP contribution in [0.25, 0.3) is 0 Å². The summed E-state index contributed by atoms with van der Waals surface area (Å²) in [7, 11) is 3.98. The van der Waals surface area contributed by atoms with E-state index in [9.17, 15) is 19.2 Å². The topological polar surface area (TPSA) is 130 Å². The van der Waals surface area contributed by atoms with E-state index < -0.39 is 71.2 Å². The number of hydrogen-bond acceptors (Lipinski definition) is 11. The number of ketones is 2. The molecule has 0 aromatic carbocycles. The molecule has 0 saturated carbocycles. The van der Waals surface area contributed by atoms with Crippen LogP contribution in [0.3, 0.4) is 0 Å². The molecule has 256 valence electrons. The smallest absolute Gasteiger partial charge is 0.316 e. The van der Waals surface area contributed by atoms with Gasteiger partial charge in [-0.2, -0.15) is 0 Å². The van der Waals surface area contributed by atoms with Gasteiger partial charge in [-0.25, -0.2) is 0 Å². The minimum absolute atomic E-state index is 0. The van der Waals surface area contributed by atoms with Gasteiger partial charge in [0.1, 0.15) is 23.9 Å². The van der Waals surface area contributed by atoms with E-state index in [1.165, 1.54) is 6.92 Å². The van der Waals surface area contributed by atoms with E-state index in [4.69, 9.17) is 35.9 Å². The molecule has 0 spiro atoms. The molecular weight excluding hydrogens is 772 g/mol. The maximum absolute atomic E-state index is 14.0. The van der Waals surface area contributed by atoms with E-state index in [1.54, 1.807) is 41.1 Å². The van der Waals surface area contributed by atoms with E-state index in [2.05, 4.69) is 10.2 Å². The Hall–Kier alpha value is -1.46. The van der Waals surface area contributed by atoms with Gasteiger partial charge in [-0.05, 0) is 73.3 Å². The van der Waals surface area contributed by atoms with Gasteiger partial charge in [-0.3, -0.25) is 14.4 Å². The summed E-state index contributed by atoms with van der Waals surface area (Å²) < 4.78 is 30.5. The van der Waals surface area contributed by atoms with Gasteiger partial charge in [0.25, 0.3) is 5.17 Å². The number of carbonyl (C=O) groups excluding carboxylic acids is 4. The van der Waals surface area contributed by atoms with Crippen LogP contribution in [0.15, 0.2) is 0 Å². The Morgan fingerprint density at radius 3 is 2.22 bits per heavy atom. The van der Waals surface area contributed by atoms with Crippen LogP contribution in [-0.2, 0) is 63.9 Å². The molecule has 1 N–H and O–H groups in total. The molecule has 3 rings (SSSR count). The van der Waals surface area contributed by atoms with Crippen molar-refractivity contribution in [2.24, 2.45) is 29.6 Å². The van der Waals surface area contributed by atoms with Crippen molar-refractivity contribution in [1.29, 1.82) is 0 Å². The van der Waals surface area contributed by atoms with Crippen molar-refractivity contribution in [2.75, 3.05) is 14.1 Å². The number of fused-ring (bicyclic) bond motifs is 1. The Morgan fingerprint density at radius 1 is 1.04 bits per heavy atom. The molecule has 3 heterocycles. The molecule has 0 bridgehead atoms. The van der Waals surface area contributed by atoms with Gasteiger partial charge in [-0.1, -0.05) is 41.1 Å². The van der Waals surface area contributed by atoms with E-state index >= 15 is 0 Å². The first-order valence-corrected chi connectivity index (χ1v) is 16.1. The summed E-state index contributed by atoms with van der Waals surface area (Å²) in [5.41, 5.74) is -2.65. The normalized spacial score (nSPS) is 43.2. The van der Waals surface area contributed by atoms with E-state index in [-0.39, 0.29) is 56.5 Å². The Balaban J connectivity index is 0.00000705. The second kappa shape index (κ2) is 15.6. The second-order valence-electron chi connectivity index (χ2n) is 13.7. The van der Waals surface area contributed by atoms with Gasteiger partial charge in [0.2, 0.25) is 0 Å². The van der Waals surface area contributed by atoms with Crippen molar-refractivity contribution < 1.29 is 63.9 Å². The molecule has 3 aliphatic heterocycles. The monoisotopic (exact) mass is 823 g/mol. The SMILES string of the molecule is CC[C@H]1OC(=O)[C@H](C)C(=O)[C@H](C)[C@@H](O[C@@H]2O[C@H](C)C[C@H](N(C)C)[C@H]2C)[C@](C)(O[C-]=O)C[C@@H](C)C(=O)[C@H](C)[C@H]2NC(=S)O[C@@]21C.[W]. The molecule has 0 aliphatic carbocycles. The van der Waals surface area contributed by atoms with Gasteiger partial charge in [-0.15, -0.1) is 0 Å². The van der Waals surface area contributed by atoms with Crippen LogP contribution < -0.4 is 5.32 Å². The molecule has 0 amide bonds. The van der Waals surface area contributed by atoms with Crippen LogP contribution in [0.4, 0.5) is 0 Å². The predicted octanol–water partition coefficient (Wildman–Crippen LogP) is 3.35. The fourth-order valence-corrected chi connectivity index (χ4v) is 7.81. The molecular formula is C32H51N2O9SW-. The van der Waals surface area contributed by atoms with E-state index in [0.717, 1.165) is 6.42 Å². The van der Waals surface area contributed by atoms with Crippen molar-refractivity contribution in [3.63, 3.8) is 0 Å². The molecule has 3 aliphatic rings. The molecule has 45 heavy (non-hydrogen) atoms. The number of ether oxygens (including phenoxy) is 5. The first-order valence-electron chi connectivity index (χ1n) is 15.7. The standard InChI is InChI=1S/C32H51N2O9S.W/c1-12-23-32(9)26(33-30(44)43-32)19(5)24(36)16(2)14-31(8,39-15-35)27(20(6)25(37)21(7)28(38)41-23)42-29-18(4)22(34(10)11)13-17(3)40-29;/h16-23,26-27,29H,12-14H2,1-11H3,(H,33,44);/q-1;/t16-,17-,18-,19+,20+,21-,22+,23-,26-,27-,29+,31-,32-;/m1./s1. The van der Waals surface area contributed by atoms with Crippen molar-refractivity contribution in [3.8, 4) is 0 Å². The summed E-state index contributed by atoms with van der Waals surface area (Å²) in [5.74, 6) is -4.83. The molecule has 13 heteroatoms. The zero-order valence-electron chi connectivity index (χ0n) is 28.4. The van der Waals surface area contributed by atoms with Crippen molar-refractivity contribution in [2.45, 2.75) is 129 Å². The van der Waals surface area contributed by atoms with Crippen LogP contribution in [0, 0.1) is 29.6 Å². The third kappa shape index (κ3) is 8.16. The average molecular weight is 824 g/mol. The fraction of sp³-hybridized carbons (Fsp3) is 0.844. The minimum Gasteiger partial charge on any atom is -0.647 e. The van der Waals surface area contributed by atoms with Crippen LogP contribution in [0.5, 0.6) is 0 Å². The number of Topliss-reactive ketones (excluding diaryl/α,β-unsaturated/α-hetero) is 2. The third-order valence-corrected chi connectivity index (χ3v) is 10.3. The van der Waals surface area contributed by atoms with Crippen LogP contribution in [0.1, 0.15) is 81.6 Å². The van der Waals surface area contributed by atoms with E-state index in [0.29, 0.717) is 6.42 Å². The maximum Gasteiger partial charge on any atom is 0.316 e. The van der Waals surface area contributed by atoms with Gasteiger partial charge in [0, 0.05) is 50.8 Å². The molecule has 3 saturated heterocycles. The van der Waals surface area contributed by atoms with Crippen LogP contribution in [-0.4, -0.2) is 96.1 Å². The summed E-state index contributed by atoms with van der Waals surface area (Å²) in [4.78, 5) is 55.6. The van der Waals surface area contributed by atoms with Gasteiger partial charge < -0.3 is 38.7 Å². The summed E-state index contributed by atoms with van der Waals surface area (Å²) in [5, 5.41) is 3.21. The summed E-state index contributed by atoms with van der Waals surface area (Å²) in [6.07, 6.45) is -1.57. The molecule has 13 atom stereocenters. The average Bonchev–Trinajstić information content (AvgIpc) is 3.27. The van der Waals surface area contributed by atoms with Crippen LogP contribution in [0.2, 0.25) is 0 Å². The molecule has 3 fully saturated rings. The first-order chi connectivity index (χ1) is 20.4. The third-order valence-electron chi connectivity index (χ3n) is 10.1. The predicted molar refractivity (Wildman–Crippen MR) is 166 cm³/mol. The number of esters is 1. The number of rotatable bonds is 6. The number of cyclic esters (lactones) is 1. The van der Waals surface area contributed by atoms with Gasteiger partial charge in [0.05, 0.1) is 17.7 Å². The Labute approximate surface area is 287 Å². The van der Waals surface area contributed by atoms with Crippen molar-refractivity contribution >= 4 is 41.4 Å². The largest absolute Gasteiger partial charge is 0.647 e. The second-order valence-corrected chi connectivity index (χ2v) is 14.1. The molecule has 0 unspecified atom stereocenters. The summed E-state index contributed by atoms with van der Waals surface area (Å²) >= 11 is 5.34. The Bertz CT molecular complexity index is 1110. The molecule has 0 aromatic rings. The summed E-state index contributed by atoms with van der Waals surface area (Å²) in [6.45, 7) is 17.4. The zero-order chi connectivity index (χ0) is 33.3. The Morgan fingerprint density at radius 2 is 1.67 bits per heavy atom. The first kappa shape index (κ1) is 39.7.